The third-order valence-electron chi connectivity index (χ3n) is 3.66. The fraction of sp³-hybridized carbons (Fsp3) is 0.500. The van der Waals surface area contributed by atoms with E-state index in [1.807, 2.05) is 6.92 Å². The van der Waals surface area contributed by atoms with E-state index in [-0.39, 0.29) is 17.1 Å². The molecule has 1 aromatic carbocycles. The van der Waals surface area contributed by atoms with Crippen LogP contribution < -0.4 is 5.73 Å². The minimum absolute atomic E-state index is 0.0281. The quantitative estimate of drug-likeness (QED) is 0.833. The molecule has 2 N–H and O–H groups in total. The number of anilines is 1. The molecule has 2 rings (SSSR count). The smallest absolute Gasteiger partial charge is 0.257 e. The van der Waals surface area contributed by atoms with E-state index in [4.69, 9.17) is 10.5 Å². The van der Waals surface area contributed by atoms with Gasteiger partial charge in [-0.3, -0.25) is 4.79 Å². The first-order valence-corrected chi connectivity index (χ1v) is 6.35. The number of likely N-dealkylation sites (tertiary alicyclic amines) is 1. The first-order chi connectivity index (χ1) is 8.95. The van der Waals surface area contributed by atoms with Crippen molar-refractivity contribution in [3.63, 3.8) is 0 Å². The summed E-state index contributed by atoms with van der Waals surface area (Å²) in [5, 5.41) is 0. The van der Waals surface area contributed by atoms with Crippen LogP contribution in [-0.2, 0) is 4.74 Å². The number of benzene rings is 1. The Hall–Kier alpha value is -1.62. The number of methoxy groups -OCH3 is 1. The molecule has 104 valence electrons. The van der Waals surface area contributed by atoms with Crippen molar-refractivity contribution in [1.29, 1.82) is 0 Å². The first-order valence-electron chi connectivity index (χ1n) is 6.35. The Morgan fingerprint density at radius 2 is 2.26 bits per heavy atom. The molecule has 1 saturated heterocycles. The lowest BCUT2D eigenvalue weighted by Gasteiger charge is -2.39. The third kappa shape index (κ3) is 2.87. The Morgan fingerprint density at radius 3 is 2.95 bits per heavy atom. The fourth-order valence-corrected chi connectivity index (χ4v) is 2.42. The fourth-order valence-electron chi connectivity index (χ4n) is 2.42. The zero-order valence-corrected chi connectivity index (χ0v) is 11.3. The molecule has 0 bridgehead atoms. The summed E-state index contributed by atoms with van der Waals surface area (Å²) in [7, 11) is 1.63. The van der Waals surface area contributed by atoms with Gasteiger partial charge in [0.05, 0.1) is 11.2 Å². The Balaban J connectivity index is 2.22. The topological polar surface area (TPSA) is 55.6 Å². The SMILES string of the molecule is COC1(C)CCCN(C(=O)c2cc(N)ccc2F)C1. The number of piperidine rings is 1. The van der Waals surface area contributed by atoms with Gasteiger partial charge < -0.3 is 15.4 Å². The molecule has 1 unspecified atom stereocenters. The average Bonchev–Trinajstić information content (AvgIpc) is 2.41. The minimum Gasteiger partial charge on any atom is -0.399 e. The molecule has 0 spiro atoms. The number of carbonyl (C=O) groups excluding carboxylic acids is 1. The standard InChI is InChI=1S/C14H19FN2O2/c1-14(19-2)6-3-7-17(9-14)13(18)11-8-10(16)4-5-12(11)15/h4-5,8H,3,6-7,9,16H2,1-2H3. The number of ether oxygens (including phenoxy) is 1. The number of nitrogen functional groups attached to an aromatic ring is 1. The molecule has 5 heteroatoms. The molecule has 1 aliphatic heterocycles. The number of nitrogens with two attached hydrogens (primary N) is 1. The zero-order valence-electron chi connectivity index (χ0n) is 11.3. The summed E-state index contributed by atoms with van der Waals surface area (Å²) < 4.78 is 19.2. The highest BCUT2D eigenvalue weighted by Crippen LogP contribution is 2.25. The Kier molecular flexibility index (Phi) is 3.75. The van der Waals surface area contributed by atoms with Crippen molar-refractivity contribution in [2.45, 2.75) is 25.4 Å². The van der Waals surface area contributed by atoms with E-state index >= 15 is 0 Å². The van der Waals surface area contributed by atoms with Gasteiger partial charge in [-0.1, -0.05) is 0 Å². The van der Waals surface area contributed by atoms with E-state index in [9.17, 15) is 9.18 Å². The number of nitrogens with zero attached hydrogens (tertiary/aromatic N) is 1. The summed E-state index contributed by atoms with van der Waals surface area (Å²) in [6.07, 6.45) is 1.74. The van der Waals surface area contributed by atoms with E-state index in [0.29, 0.717) is 18.8 Å². The predicted molar refractivity (Wildman–Crippen MR) is 71.4 cm³/mol. The highest BCUT2D eigenvalue weighted by molar-refractivity contribution is 5.95. The Bertz CT molecular complexity index is 492. The summed E-state index contributed by atoms with van der Waals surface area (Å²) in [6.45, 7) is 3.05. The van der Waals surface area contributed by atoms with Gasteiger partial charge in [-0.15, -0.1) is 0 Å². The number of amides is 1. The van der Waals surface area contributed by atoms with Crippen LogP contribution in [0.1, 0.15) is 30.1 Å². The largest absolute Gasteiger partial charge is 0.399 e. The van der Waals surface area contributed by atoms with Gasteiger partial charge in [0.15, 0.2) is 0 Å². The van der Waals surface area contributed by atoms with Crippen LogP contribution in [0.5, 0.6) is 0 Å². The normalized spacial score (nSPS) is 23.4. The summed E-state index contributed by atoms with van der Waals surface area (Å²) >= 11 is 0. The second-order valence-electron chi connectivity index (χ2n) is 5.22. The van der Waals surface area contributed by atoms with Gasteiger partial charge in [-0.25, -0.2) is 4.39 Å². The minimum atomic E-state index is -0.538. The Morgan fingerprint density at radius 1 is 1.53 bits per heavy atom. The molecule has 1 aromatic rings. The lowest BCUT2D eigenvalue weighted by Crippen LogP contribution is -2.49. The molecule has 19 heavy (non-hydrogen) atoms. The maximum atomic E-state index is 13.7. The van der Waals surface area contributed by atoms with E-state index < -0.39 is 5.82 Å². The van der Waals surface area contributed by atoms with Crippen LogP contribution in [-0.4, -0.2) is 36.6 Å². The van der Waals surface area contributed by atoms with Gasteiger partial charge in [-0.2, -0.15) is 0 Å². The highest BCUT2D eigenvalue weighted by atomic mass is 19.1. The lowest BCUT2D eigenvalue weighted by atomic mass is 9.94. The second-order valence-corrected chi connectivity index (χ2v) is 5.22. The number of rotatable bonds is 2. The highest BCUT2D eigenvalue weighted by Gasteiger charge is 2.34. The van der Waals surface area contributed by atoms with Gasteiger partial charge in [-0.05, 0) is 38.0 Å². The van der Waals surface area contributed by atoms with Crippen LogP contribution in [0.3, 0.4) is 0 Å². The summed E-state index contributed by atoms with van der Waals surface area (Å²) in [5.41, 5.74) is 5.67. The summed E-state index contributed by atoms with van der Waals surface area (Å²) in [6, 6.07) is 4.06. The van der Waals surface area contributed by atoms with Crippen LogP contribution >= 0.6 is 0 Å². The average molecular weight is 266 g/mol. The van der Waals surface area contributed by atoms with Crippen molar-refractivity contribution in [3.8, 4) is 0 Å². The monoisotopic (exact) mass is 266 g/mol. The van der Waals surface area contributed by atoms with Crippen LogP contribution in [0, 0.1) is 5.82 Å². The van der Waals surface area contributed by atoms with Crippen LogP contribution in [0.4, 0.5) is 10.1 Å². The van der Waals surface area contributed by atoms with Gasteiger partial charge in [0.1, 0.15) is 5.82 Å². The Labute approximate surface area is 112 Å². The van der Waals surface area contributed by atoms with Gasteiger partial charge in [0.25, 0.3) is 5.91 Å². The van der Waals surface area contributed by atoms with Crippen LogP contribution in [0.15, 0.2) is 18.2 Å². The van der Waals surface area contributed by atoms with Crippen molar-refractivity contribution in [3.05, 3.63) is 29.6 Å². The molecule has 1 aliphatic rings. The van der Waals surface area contributed by atoms with E-state index in [1.54, 1.807) is 12.0 Å². The molecule has 0 aliphatic carbocycles. The van der Waals surface area contributed by atoms with Crippen molar-refractivity contribution in [2.75, 3.05) is 25.9 Å². The van der Waals surface area contributed by atoms with E-state index in [0.717, 1.165) is 12.8 Å². The van der Waals surface area contributed by atoms with E-state index in [1.165, 1.54) is 18.2 Å². The molecule has 0 radical (unpaired) electrons. The maximum absolute atomic E-state index is 13.7. The lowest BCUT2D eigenvalue weighted by molar-refractivity contribution is -0.0441. The third-order valence-corrected chi connectivity index (χ3v) is 3.66. The zero-order chi connectivity index (χ0) is 14.0. The molecule has 0 saturated carbocycles. The molecule has 1 heterocycles. The van der Waals surface area contributed by atoms with Gasteiger partial charge >= 0.3 is 0 Å². The molecule has 1 amide bonds. The summed E-state index contributed by atoms with van der Waals surface area (Å²) in [4.78, 5) is 14.0. The van der Waals surface area contributed by atoms with Crippen LogP contribution in [0.25, 0.3) is 0 Å². The second kappa shape index (κ2) is 5.17. The first kappa shape index (κ1) is 13.8. The van der Waals surface area contributed by atoms with Crippen molar-refractivity contribution < 1.29 is 13.9 Å². The van der Waals surface area contributed by atoms with Crippen molar-refractivity contribution >= 4 is 11.6 Å². The number of hydrogen-bond acceptors (Lipinski definition) is 3. The van der Waals surface area contributed by atoms with Crippen molar-refractivity contribution in [1.82, 2.24) is 4.90 Å². The molecule has 1 fully saturated rings. The molecule has 4 nitrogen and oxygen atoms in total. The number of halogens is 1. The summed E-state index contributed by atoms with van der Waals surface area (Å²) in [5.74, 6) is -0.864. The number of carbonyl (C=O) groups is 1. The number of hydrogen-bond donors (Lipinski definition) is 1. The predicted octanol–water partition coefficient (Wildman–Crippen LogP) is 2.05. The van der Waals surface area contributed by atoms with E-state index in [2.05, 4.69) is 0 Å². The van der Waals surface area contributed by atoms with Crippen LogP contribution in [0.2, 0.25) is 0 Å². The van der Waals surface area contributed by atoms with Crippen molar-refractivity contribution in [2.24, 2.45) is 0 Å². The van der Waals surface area contributed by atoms with Gasteiger partial charge in [0.2, 0.25) is 0 Å². The molecule has 0 aromatic heterocycles. The molecule has 1 atom stereocenters. The van der Waals surface area contributed by atoms with Gasteiger partial charge in [0, 0.05) is 25.9 Å². The maximum Gasteiger partial charge on any atom is 0.257 e. The molecular weight excluding hydrogens is 247 g/mol. The molecular formula is C14H19FN2O2.